The highest BCUT2D eigenvalue weighted by Crippen LogP contribution is 2.06. The molecule has 0 aromatic rings. The molecule has 1 aliphatic rings. The van der Waals surface area contributed by atoms with Gasteiger partial charge in [0.1, 0.15) is 6.61 Å². The van der Waals surface area contributed by atoms with Gasteiger partial charge in [-0.3, -0.25) is 4.79 Å². The predicted molar refractivity (Wildman–Crippen MR) is 70.3 cm³/mol. The number of hydrogen-bond donors (Lipinski definition) is 3. The molecule has 1 fully saturated rings. The van der Waals surface area contributed by atoms with E-state index in [2.05, 4.69) is 10.6 Å². The fourth-order valence-corrected chi connectivity index (χ4v) is 2.07. The maximum Gasteiger partial charge on any atom is 0.246 e. The lowest BCUT2D eigenvalue weighted by atomic mass is 10.1. The highest BCUT2D eigenvalue weighted by molar-refractivity contribution is 5.77. The Morgan fingerprint density at radius 2 is 2.11 bits per heavy atom. The van der Waals surface area contributed by atoms with E-state index in [0.717, 1.165) is 25.9 Å². The molecule has 1 amide bonds. The molecule has 0 radical (unpaired) electrons. The topological polar surface area (TPSA) is 70.6 Å². The average molecular weight is 258 g/mol. The maximum atomic E-state index is 11.5. The van der Waals surface area contributed by atoms with E-state index in [1.54, 1.807) is 0 Å². The lowest BCUT2D eigenvalue weighted by molar-refractivity contribution is -0.128. The summed E-state index contributed by atoms with van der Waals surface area (Å²) in [6.45, 7) is 6.42. The first-order chi connectivity index (χ1) is 8.58. The summed E-state index contributed by atoms with van der Waals surface area (Å²) in [6, 6.07) is 0. The molecule has 1 atom stereocenters. The number of hydrogen-bond acceptors (Lipinski definition) is 4. The Labute approximate surface area is 109 Å². The van der Waals surface area contributed by atoms with Crippen molar-refractivity contribution in [2.24, 2.45) is 5.92 Å². The molecule has 0 spiro atoms. The number of piperidine rings is 1. The Kier molecular flexibility index (Phi) is 7.23. The van der Waals surface area contributed by atoms with Crippen molar-refractivity contribution in [3.63, 3.8) is 0 Å². The molecule has 5 heteroatoms. The second-order valence-electron chi connectivity index (χ2n) is 5.35. The lowest BCUT2D eigenvalue weighted by Gasteiger charge is -2.22. The van der Waals surface area contributed by atoms with E-state index < -0.39 is 6.10 Å². The summed E-state index contributed by atoms with van der Waals surface area (Å²) in [7, 11) is 0. The van der Waals surface area contributed by atoms with Gasteiger partial charge < -0.3 is 20.5 Å². The Hall–Kier alpha value is -0.650. The third kappa shape index (κ3) is 6.93. The molecule has 0 saturated carbocycles. The molecule has 0 aliphatic carbocycles. The second-order valence-corrected chi connectivity index (χ2v) is 5.35. The maximum absolute atomic E-state index is 11.5. The van der Waals surface area contributed by atoms with Crippen LogP contribution in [0, 0.1) is 5.92 Å². The summed E-state index contributed by atoms with van der Waals surface area (Å²) < 4.78 is 5.52. The van der Waals surface area contributed by atoms with Gasteiger partial charge in [-0.2, -0.15) is 0 Å². The number of aliphatic hydroxyl groups excluding tert-OH is 1. The van der Waals surface area contributed by atoms with Gasteiger partial charge >= 0.3 is 0 Å². The fraction of sp³-hybridized carbons (Fsp3) is 0.923. The van der Waals surface area contributed by atoms with Crippen LogP contribution in [-0.2, 0) is 9.53 Å². The molecule has 1 unspecified atom stereocenters. The summed E-state index contributed by atoms with van der Waals surface area (Å²) in [6.07, 6.45) is 2.35. The van der Waals surface area contributed by atoms with Gasteiger partial charge in [-0.15, -0.1) is 0 Å². The molecule has 1 saturated heterocycles. The van der Waals surface area contributed by atoms with Crippen LogP contribution in [0.1, 0.15) is 33.1 Å². The highest BCUT2D eigenvalue weighted by Gasteiger charge is 2.15. The molecular weight excluding hydrogens is 232 g/mol. The predicted octanol–water partition coefficient (Wildman–Crippen LogP) is 0.278. The van der Waals surface area contributed by atoms with Crippen molar-refractivity contribution >= 4 is 5.91 Å². The zero-order valence-corrected chi connectivity index (χ0v) is 11.4. The van der Waals surface area contributed by atoms with Crippen LogP contribution in [-0.4, -0.2) is 49.5 Å². The van der Waals surface area contributed by atoms with Crippen LogP contribution in [0.2, 0.25) is 0 Å². The molecular formula is C13H26N2O3. The number of ether oxygens (including phenoxy) is 1. The number of aliphatic hydroxyl groups is 1. The third-order valence-electron chi connectivity index (χ3n) is 3.01. The Balaban J connectivity index is 2.06. The second kappa shape index (κ2) is 8.45. The van der Waals surface area contributed by atoms with Crippen LogP contribution in [0.5, 0.6) is 0 Å². The van der Waals surface area contributed by atoms with Crippen molar-refractivity contribution in [1.29, 1.82) is 0 Å². The first kappa shape index (κ1) is 15.4. The summed E-state index contributed by atoms with van der Waals surface area (Å²) in [5, 5.41) is 15.6. The highest BCUT2D eigenvalue weighted by atomic mass is 16.5. The minimum atomic E-state index is -0.465. The van der Waals surface area contributed by atoms with Crippen LogP contribution >= 0.6 is 0 Å². The number of carbonyl (C=O) groups excluding carboxylic acids is 1. The standard InChI is InChI=1S/C13H26N2O3/c1-10(2)7-11(16)8-15-13(17)9-18-12-3-5-14-6-4-12/h10-12,14,16H,3-9H2,1-2H3,(H,15,17). The number of amides is 1. The van der Waals surface area contributed by atoms with Crippen LogP contribution in [0.15, 0.2) is 0 Å². The molecule has 0 aromatic carbocycles. The van der Waals surface area contributed by atoms with E-state index in [1.165, 1.54) is 0 Å². The molecule has 5 nitrogen and oxygen atoms in total. The van der Waals surface area contributed by atoms with Crippen molar-refractivity contribution in [2.75, 3.05) is 26.2 Å². The number of carbonyl (C=O) groups is 1. The minimum absolute atomic E-state index is 0.0963. The summed E-state index contributed by atoms with van der Waals surface area (Å²) in [5.41, 5.74) is 0. The van der Waals surface area contributed by atoms with Crippen molar-refractivity contribution < 1.29 is 14.6 Å². The largest absolute Gasteiger partial charge is 0.391 e. The van der Waals surface area contributed by atoms with E-state index in [-0.39, 0.29) is 18.6 Å². The van der Waals surface area contributed by atoms with Crippen molar-refractivity contribution in [2.45, 2.75) is 45.3 Å². The van der Waals surface area contributed by atoms with Crippen LogP contribution in [0.3, 0.4) is 0 Å². The summed E-state index contributed by atoms with van der Waals surface area (Å²) in [5.74, 6) is 0.291. The fourth-order valence-electron chi connectivity index (χ4n) is 2.07. The quantitative estimate of drug-likeness (QED) is 0.613. The Morgan fingerprint density at radius 3 is 2.72 bits per heavy atom. The van der Waals surface area contributed by atoms with E-state index in [1.807, 2.05) is 13.8 Å². The molecule has 3 N–H and O–H groups in total. The molecule has 1 rings (SSSR count). The minimum Gasteiger partial charge on any atom is -0.391 e. The Morgan fingerprint density at radius 1 is 1.44 bits per heavy atom. The van der Waals surface area contributed by atoms with Crippen LogP contribution in [0.25, 0.3) is 0 Å². The SMILES string of the molecule is CC(C)CC(O)CNC(=O)COC1CCNCC1. The zero-order valence-electron chi connectivity index (χ0n) is 11.4. The first-order valence-electron chi connectivity index (χ1n) is 6.85. The van der Waals surface area contributed by atoms with Crippen molar-refractivity contribution in [1.82, 2.24) is 10.6 Å². The number of nitrogens with one attached hydrogen (secondary N) is 2. The Bertz CT molecular complexity index is 240. The van der Waals surface area contributed by atoms with Gasteiger partial charge in [0.2, 0.25) is 5.91 Å². The smallest absolute Gasteiger partial charge is 0.246 e. The molecule has 106 valence electrons. The van der Waals surface area contributed by atoms with Crippen molar-refractivity contribution in [3.8, 4) is 0 Å². The van der Waals surface area contributed by atoms with Gasteiger partial charge in [0, 0.05) is 6.54 Å². The zero-order chi connectivity index (χ0) is 13.4. The molecule has 0 aromatic heterocycles. The monoisotopic (exact) mass is 258 g/mol. The van der Waals surface area contributed by atoms with Gasteiger partial charge in [-0.05, 0) is 38.3 Å². The van der Waals surface area contributed by atoms with Gasteiger partial charge in [0.25, 0.3) is 0 Å². The van der Waals surface area contributed by atoms with E-state index in [9.17, 15) is 9.90 Å². The average Bonchev–Trinajstić information content (AvgIpc) is 2.34. The summed E-state index contributed by atoms with van der Waals surface area (Å²) >= 11 is 0. The van der Waals surface area contributed by atoms with E-state index in [0.29, 0.717) is 18.9 Å². The van der Waals surface area contributed by atoms with Crippen LogP contribution in [0.4, 0.5) is 0 Å². The molecule has 1 aliphatic heterocycles. The molecule has 0 bridgehead atoms. The summed E-state index contributed by atoms with van der Waals surface area (Å²) in [4.78, 5) is 11.5. The lowest BCUT2D eigenvalue weighted by Crippen LogP contribution is -2.38. The van der Waals surface area contributed by atoms with Gasteiger partial charge in [0.15, 0.2) is 0 Å². The van der Waals surface area contributed by atoms with Gasteiger partial charge in [-0.1, -0.05) is 13.8 Å². The third-order valence-corrected chi connectivity index (χ3v) is 3.01. The van der Waals surface area contributed by atoms with E-state index in [4.69, 9.17) is 4.74 Å². The first-order valence-corrected chi connectivity index (χ1v) is 6.85. The molecule has 18 heavy (non-hydrogen) atoms. The van der Waals surface area contributed by atoms with E-state index >= 15 is 0 Å². The van der Waals surface area contributed by atoms with Gasteiger partial charge in [-0.25, -0.2) is 0 Å². The number of rotatable bonds is 7. The van der Waals surface area contributed by atoms with Gasteiger partial charge in [0.05, 0.1) is 12.2 Å². The normalized spacial score (nSPS) is 18.9. The van der Waals surface area contributed by atoms with Crippen LogP contribution < -0.4 is 10.6 Å². The van der Waals surface area contributed by atoms with Crippen molar-refractivity contribution in [3.05, 3.63) is 0 Å². The molecule has 1 heterocycles.